The summed E-state index contributed by atoms with van der Waals surface area (Å²) in [5.41, 5.74) is 1.37. The second-order valence-electron chi connectivity index (χ2n) is 5.29. The van der Waals surface area contributed by atoms with E-state index >= 15 is 0 Å². The number of para-hydroxylation sites is 1. The van der Waals surface area contributed by atoms with Gasteiger partial charge in [-0.15, -0.1) is 0 Å². The molecule has 0 saturated heterocycles. The van der Waals surface area contributed by atoms with E-state index in [2.05, 4.69) is 9.97 Å². The summed E-state index contributed by atoms with van der Waals surface area (Å²) in [6.45, 7) is 2.84. The Balaban J connectivity index is 1.96. The fraction of sp³-hybridized carbons (Fsp3) is 0.222. The molecule has 0 bridgehead atoms. The normalized spacial score (nSPS) is 11.0. The van der Waals surface area contributed by atoms with E-state index < -0.39 is 0 Å². The van der Waals surface area contributed by atoms with Crippen LogP contribution in [0.25, 0.3) is 22.3 Å². The zero-order valence-electron chi connectivity index (χ0n) is 12.8. The molecular weight excluding hydrogens is 295 g/mol. The van der Waals surface area contributed by atoms with E-state index in [-0.39, 0.29) is 18.0 Å². The van der Waals surface area contributed by atoms with Crippen LogP contribution in [-0.4, -0.2) is 16.6 Å². The Morgan fingerprint density at radius 3 is 2.83 bits per heavy atom. The molecule has 0 aliphatic heterocycles. The average molecular weight is 312 g/mol. The monoisotopic (exact) mass is 312 g/mol. The van der Waals surface area contributed by atoms with Crippen LogP contribution in [0.4, 0.5) is 4.39 Å². The van der Waals surface area contributed by atoms with Crippen molar-refractivity contribution in [3.05, 3.63) is 64.2 Å². The molecule has 0 spiro atoms. The van der Waals surface area contributed by atoms with Crippen molar-refractivity contribution in [3.63, 3.8) is 0 Å². The number of nitrogens with one attached hydrogen (secondary N) is 1. The number of fused-ring (bicyclic) bond motifs is 1. The standard InChI is InChI=1S/C18H17FN2O2/c1-2-9-23-11-13-8-7-12(10-15(13)19)17-20-16-6-4-3-5-14(16)18(22)21-17/h3-8,10H,2,9,11H2,1H3,(H,20,21,22). The molecule has 3 aromatic rings. The highest BCUT2D eigenvalue weighted by Gasteiger charge is 2.09. The molecule has 0 unspecified atom stereocenters. The number of halogens is 1. The predicted molar refractivity (Wildman–Crippen MR) is 87.7 cm³/mol. The smallest absolute Gasteiger partial charge is 0.259 e. The molecule has 3 rings (SSSR count). The molecule has 5 heteroatoms. The second-order valence-corrected chi connectivity index (χ2v) is 5.29. The van der Waals surface area contributed by atoms with E-state index in [9.17, 15) is 9.18 Å². The van der Waals surface area contributed by atoms with Crippen molar-refractivity contribution in [1.82, 2.24) is 9.97 Å². The van der Waals surface area contributed by atoms with Crippen LogP contribution in [0.5, 0.6) is 0 Å². The lowest BCUT2D eigenvalue weighted by molar-refractivity contribution is 0.119. The number of H-pyrrole nitrogens is 1. The summed E-state index contributed by atoms with van der Waals surface area (Å²) in [4.78, 5) is 19.2. The van der Waals surface area contributed by atoms with E-state index in [0.29, 0.717) is 34.5 Å². The van der Waals surface area contributed by atoms with Crippen molar-refractivity contribution in [1.29, 1.82) is 0 Å². The van der Waals surface area contributed by atoms with Gasteiger partial charge in [-0.05, 0) is 24.6 Å². The molecule has 0 radical (unpaired) electrons. The highest BCUT2D eigenvalue weighted by atomic mass is 19.1. The Kier molecular flexibility index (Phi) is 4.48. The Morgan fingerprint density at radius 2 is 2.04 bits per heavy atom. The van der Waals surface area contributed by atoms with E-state index in [0.717, 1.165) is 6.42 Å². The summed E-state index contributed by atoms with van der Waals surface area (Å²) < 4.78 is 19.5. The van der Waals surface area contributed by atoms with Gasteiger partial charge in [-0.25, -0.2) is 9.37 Å². The molecule has 0 aliphatic carbocycles. The largest absolute Gasteiger partial charge is 0.377 e. The van der Waals surface area contributed by atoms with Crippen molar-refractivity contribution in [2.24, 2.45) is 0 Å². The van der Waals surface area contributed by atoms with Gasteiger partial charge in [0.1, 0.15) is 11.6 Å². The molecule has 0 atom stereocenters. The first-order valence-electron chi connectivity index (χ1n) is 7.54. The van der Waals surface area contributed by atoms with E-state index in [1.165, 1.54) is 6.07 Å². The van der Waals surface area contributed by atoms with Gasteiger partial charge in [0.25, 0.3) is 5.56 Å². The molecule has 0 saturated carbocycles. The summed E-state index contributed by atoms with van der Waals surface area (Å²) >= 11 is 0. The first kappa shape index (κ1) is 15.4. The number of nitrogens with zero attached hydrogens (tertiary/aromatic N) is 1. The van der Waals surface area contributed by atoms with Crippen LogP contribution in [-0.2, 0) is 11.3 Å². The van der Waals surface area contributed by atoms with Gasteiger partial charge in [0.05, 0.1) is 17.5 Å². The number of hydrogen-bond donors (Lipinski definition) is 1. The number of rotatable bonds is 5. The molecule has 1 N–H and O–H groups in total. The number of hydrogen-bond acceptors (Lipinski definition) is 3. The Hall–Kier alpha value is -2.53. The SMILES string of the molecule is CCCOCc1ccc(-c2nc3ccccc3c(=O)[nH]2)cc1F. The van der Waals surface area contributed by atoms with Crippen molar-refractivity contribution < 1.29 is 9.13 Å². The van der Waals surface area contributed by atoms with Crippen molar-refractivity contribution in [2.75, 3.05) is 6.61 Å². The van der Waals surface area contributed by atoms with Gasteiger partial charge in [0.2, 0.25) is 0 Å². The summed E-state index contributed by atoms with van der Waals surface area (Å²) in [5, 5.41) is 0.515. The summed E-state index contributed by atoms with van der Waals surface area (Å²) in [7, 11) is 0. The summed E-state index contributed by atoms with van der Waals surface area (Å²) in [6.07, 6.45) is 0.891. The van der Waals surface area contributed by atoms with Crippen LogP contribution >= 0.6 is 0 Å². The number of benzene rings is 2. The first-order valence-corrected chi connectivity index (χ1v) is 7.54. The minimum atomic E-state index is -0.366. The van der Waals surface area contributed by atoms with E-state index in [4.69, 9.17) is 4.74 Å². The van der Waals surface area contributed by atoms with Crippen LogP contribution in [0.1, 0.15) is 18.9 Å². The van der Waals surface area contributed by atoms with Crippen LogP contribution in [0, 0.1) is 5.82 Å². The fourth-order valence-electron chi connectivity index (χ4n) is 2.36. The maximum absolute atomic E-state index is 14.2. The molecule has 1 aromatic heterocycles. The topological polar surface area (TPSA) is 55.0 Å². The second kappa shape index (κ2) is 6.71. The Labute approximate surface area is 133 Å². The summed E-state index contributed by atoms with van der Waals surface area (Å²) in [6, 6.07) is 11.8. The van der Waals surface area contributed by atoms with E-state index in [1.54, 1.807) is 30.3 Å². The number of aromatic amines is 1. The van der Waals surface area contributed by atoms with Gasteiger partial charge < -0.3 is 9.72 Å². The average Bonchev–Trinajstić information content (AvgIpc) is 2.56. The molecule has 0 aliphatic rings. The lowest BCUT2D eigenvalue weighted by Gasteiger charge is -2.07. The van der Waals surface area contributed by atoms with Crippen molar-refractivity contribution >= 4 is 10.9 Å². The van der Waals surface area contributed by atoms with Crippen LogP contribution in [0.15, 0.2) is 47.3 Å². The van der Waals surface area contributed by atoms with Gasteiger partial charge in [0, 0.05) is 17.7 Å². The first-order chi connectivity index (χ1) is 11.2. The molecule has 0 amide bonds. The minimum absolute atomic E-state index is 0.235. The lowest BCUT2D eigenvalue weighted by Crippen LogP contribution is -2.09. The van der Waals surface area contributed by atoms with Crippen LogP contribution in [0.3, 0.4) is 0 Å². The zero-order valence-corrected chi connectivity index (χ0v) is 12.8. The molecule has 2 aromatic carbocycles. The number of ether oxygens (including phenoxy) is 1. The van der Waals surface area contributed by atoms with Crippen molar-refractivity contribution in [3.8, 4) is 11.4 Å². The maximum atomic E-state index is 14.2. The third kappa shape index (κ3) is 3.29. The quantitative estimate of drug-likeness (QED) is 0.732. The Morgan fingerprint density at radius 1 is 1.22 bits per heavy atom. The molecule has 1 heterocycles. The van der Waals surface area contributed by atoms with Gasteiger partial charge in [-0.3, -0.25) is 4.79 Å². The molecule has 118 valence electrons. The zero-order chi connectivity index (χ0) is 16.2. The van der Waals surface area contributed by atoms with Gasteiger partial charge >= 0.3 is 0 Å². The molecule has 0 fully saturated rings. The van der Waals surface area contributed by atoms with Crippen LogP contribution in [0.2, 0.25) is 0 Å². The predicted octanol–water partition coefficient (Wildman–Crippen LogP) is 3.66. The minimum Gasteiger partial charge on any atom is -0.377 e. The van der Waals surface area contributed by atoms with Gasteiger partial charge in [-0.1, -0.05) is 31.2 Å². The maximum Gasteiger partial charge on any atom is 0.259 e. The van der Waals surface area contributed by atoms with Crippen LogP contribution < -0.4 is 5.56 Å². The molecule has 4 nitrogen and oxygen atoms in total. The fourth-order valence-corrected chi connectivity index (χ4v) is 2.36. The van der Waals surface area contributed by atoms with Crippen molar-refractivity contribution in [2.45, 2.75) is 20.0 Å². The highest BCUT2D eigenvalue weighted by Crippen LogP contribution is 2.20. The number of aromatic nitrogens is 2. The highest BCUT2D eigenvalue weighted by molar-refractivity contribution is 5.79. The third-order valence-corrected chi connectivity index (χ3v) is 3.55. The van der Waals surface area contributed by atoms with E-state index in [1.807, 2.05) is 13.0 Å². The molecular formula is C18H17FN2O2. The van der Waals surface area contributed by atoms with Gasteiger partial charge in [-0.2, -0.15) is 0 Å². The summed E-state index contributed by atoms with van der Waals surface area (Å²) in [5.74, 6) is -0.0111. The lowest BCUT2D eigenvalue weighted by atomic mass is 10.1. The van der Waals surface area contributed by atoms with Gasteiger partial charge in [0.15, 0.2) is 0 Å². The third-order valence-electron chi connectivity index (χ3n) is 3.55. The Bertz CT molecular complexity index is 890. The molecule has 23 heavy (non-hydrogen) atoms.